The third-order valence-electron chi connectivity index (χ3n) is 4.43. The van der Waals surface area contributed by atoms with Crippen LogP contribution >= 0.6 is 0 Å². The number of amides is 3. The lowest BCUT2D eigenvalue weighted by molar-refractivity contribution is -0.129. The number of nitrogens with zero attached hydrogens (tertiary/aromatic N) is 1. The molecule has 0 aliphatic heterocycles. The van der Waals surface area contributed by atoms with Crippen molar-refractivity contribution in [3.8, 4) is 6.07 Å². The Balaban J connectivity index is 1.84. The zero-order valence-electron chi connectivity index (χ0n) is 16.2. The average Bonchev–Trinajstić information content (AvgIpc) is 2.72. The minimum atomic E-state index is -0.914. The number of benzene rings is 2. The van der Waals surface area contributed by atoms with Crippen LogP contribution in [0.4, 0.5) is 0 Å². The van der Waals surface area contributed by atoms with Gasteiger partial charge in [0.2, 0.25) is 17.7 Å². The van der Waals surface area contributed by atoms with Crippen molar-refractivity contribution in [1.82, 2.24) is 10.6 Å². The van der Waals surface area contributed by atoms with Gasteiger partial charge in [0.15, 0.2) is 0 Å². The second-order valence-electron chi connectivity index (χ2n) is 6.74. The van der Waals surface area contributed by atoms with E-state index in [0.29, 0.717) is 11.1 Å². The van der Waals surface area contributed by atoms with Crippen molar-refractivity contribution in [3.05, 3.63) is 71.3 Å². The van der Waals surface area contributed by atoms with Gasteiger partial charge in [0.05, 0.1) is 17.7 Å². The first-order chi connectivity index (χ1) is 13.9. The molecule has 2 atom stereocenters. The molecule has 7 nitrogen and oxygen atoms in total. The summed E-state index contributed by atoms with van der Waals surface area (Å²) < 4.78 is 0. The number of nitrogens with one attached hydrogen (secondary N) is 2. The van der Waals surface area contributed by atoms with Gasteiger partial charge < -0.3 is 16.4 Å². The van der Waals surface area contributed by atoms with E-state index >= 15 is 0 Å². The number of primary amides is 1. The molecule has 29 heavy (non-hydrogen) atoms. The third kappa shape index (κ3) is 7.11. The first kappa shape index (κ1) is 21.6. The molecule has 0 fully saturated rings. The molecule has 0 bridgehead atoms. The summed E-state index contributed by atoms with van der Waals surface area (Å²) in [7, 11) is 0. The molecule has 7 heteroatoms. The van der Waals surface area contributed by atoms with Crippen LogP contribution in [0, 0.1) is 11.3 Å². The summed E-state index contributed by atoms with van der Waals surface area (Å²) in [6.45, 7) is 1.87. The number of hydrogen-bond acceptors (Lipinski definition) is 4. The molecule has 0 radical (unpaired) electrons. The standard InChI is InChI=1S/C22H24N4O3/c1-15(18-8-3-2-4-9-18)25-20(27)10-11-21(28)26-19(22(24)29)13-16-6-5-7-17(12-16)14-23/h2-9,12,15,19H,10-11,13H2,1H3,(H2,24,29)(H,25,27)(H,26,28)/t15-,19+/m1/s1. The molecule has 0 heterocycles. The van der Waals surface area contributed by atoms with Crippen LogP contribution in [0.3, 0.4) is 0 Å². The first-order valence-electron chi connectivity index (χ1n) is 9.31. The summed E-state index contributed by atoms with van der Waals surface area (Å²) in [5, 5.41) is 14.4. The molecule has 0 unspecified atom stereocenters. The summed E-state index contributed by atoms with van der Waals surface area (Å²) in [6, 6.07) is 17.2. The molecule has 0 saturated carbocycles. The summed E-state index contributed by atoms with van der Waals surface area (Å²) in [5.74, 6) is -1.37. The normalized spacial score (nSPS) is 12.3. The van der Waals surface area contributed by atoms with E-state index in [9.17, 15) is 14.4 Å². The van der Waals surface area contributed by atoms with Crippen LogP contribution in [0.25, 0.3) is 0 Å². The Morgan fingerprint density at radius 3 is 2.28 bits per heavy atom. The zero-order chi connectivity index (χ0) is 21.2. The molecule has 2 aromatic rings. The Hall–Kier alpha value is -3.66. The highest BCUT2D eigenvalue weighted by atomic mass is 16.2. The predicted molar refractivity (Wildman–Crippen MR) is 108 cm³/mol. The maximum Gasteiger partial charge on any atom is 0.240 e. The maximum absolute atomic E-state index is 12.2. The molecule has 4 N–H and O–H groups in total. The molecule has 2 aromatic carbocycles. The number of hydrogen-bond donors (Lipinski definition) is 3. The number of nitrogens with two attached hydrogens (primary N) is 1. The fourth-order valence-electron chi connectivity index (χ4n) is 2.86. The van der Waals surface area contributed by atoms with Crippen molar-refractivity contribution in [1.29, 1.82) is 5.26 Å². The van der Waals surface area contributed by atoms with E-state index in [1.807, 2.05) is 43.3 Å². The van der Waals surface area contributed by atoms with Crippen molar-refractivity contribution in [2.45, 2.75) is 38.3 Å². The van der Waals surface area contributed by atoms with Crippen LogP contribution in [0.2, 0.25) is 0 Å². The van der Waals surface area contributed by atoms with Crippen LogP contribution in [0.15, 0.2) is 54.6 Å². The van der Waals surface area contributed by atoms with E-state index < -0.39 is 17.9 Å². The van der Waals surface area contributed by atoms with Gasteiger partial charge in [-0.3, -0.25) is 14.4 Å². The summed E-state index contributed by atoms with van der Waals surface area (Å²) in [5.41, 5.74) is 7.53. The molecular formula is C22H24N4O3. The fourth-order valence-corrected chi connectivity index (χ4v) is 2.86. The molecule has 3 amide bonds. The topological polar surface area (TPSA) is 125 Å². The molecule has 0 saturated heterocycles. The van der Waals surface area contributed by atoms with Gasteiger partial charge >= 0.3 is 0 Å². The van der Waals surface area contributed by atoms with Gasteiger partial charge in [-0.1, -0.05) is 42.5 Å². The van der Waals surface area contributed by atoms with Crippen molar-refractivity contribution in [2.75, 3.05) is 0 Å². The monoisotopic (exact) mass is 392 g/mol. The minimum Gasteiger partial charge on any atom is -0.368 e. The summed E-state index contributed by atoms with van der Waals surface area (Å²) in [6.07, 6.45) is 0.113. The fraction of sp³-hybridized carbons (Fsp3) is 0.273. The maximum atomic E-state index is 12.2. The van der Waals surface area contributed by atoms with Crippen LogP contribution in [-0.4, -0.2) is 23.8 Å². The lowest BCUT2D eigenvalue weighted by Crippen LogP contribution is -2.46. The quantitative estimate of drug-likeness (QED) is 0.601. The van der Waals surface area contributed by atoms with Crippen molar-refractivity contribution >= 4 is 17.7 Å². The van der Waals surface area contributed by atoms with Gasteiger partial charge in [-0.15, -0.1) is 0 Å². The van der Waals surface area contributed by atoms with E-state index in [0.717, 1.165) is 5.56 Å². The Bertz CT molecular complexity index is 906. The average molecular weight is 392 g/mol. The number of rotatable bonds is 9. The number of carbonyl (C=O) groups excluding carboxylic acids is 3. The van der Waals surface area contributed by atoms with Gasteiger partial charge in [0.25, 0.3) is 0 Å². The van der Waals surface area contributed by atoms with E-state index in [-0.39, 0.29) is 31.2 Å². The zero-order valence-corrected chi connectivity index (χ0v) is 16.2. The molecule has 0 aromatic heterocycles. The second-order valence-corrected chi connectivity index (χ2v) is 6.74. The molecule has 2 rings (SSSR count). The Labute approximate surface area is 169 Å². The first-order valence-corrected chi connectivity index (χ1v) is 9.31. The Morgan fingerprint density at radius 1 is 1.00 bits per heavy atom. The van der Waals surface area contributed by atoms with Crippen molar-refractivity contribution < 1.29 is 14.4 Å². The molecule has 0 aliphatic rings. The highest BCUT2D eigenvalue weighted by molar-refractivity contribution is 5.88. The highest BCUT2D eigenvalue weighted by Gasteiger charge is 2.19. The molecular weight excluding hydrogens is 368 g/mol. The van der Waals surface area contributed by atoms with E-state index in [1.165, 1.54) is 0 Å². The third-order valence-corrected chi connectivity index (χ3v) is 4.43. The largest absolute Gasteiger partial charge is 0.368 e. The van der Waals surface area contributed by atoms with E-state index in [2.05, 4.69) is 10.6 Å². The van der Waals surface area contributed by atoms with Crippen LogP contribution in [-0.2, 0) is 20.8 Å². The SMILES string of the molecule is C[C@@H](NC(=O)CCC(=O)N[C@@H](Cc1cccc(C#N)c1)C(N)=O)c1ccccc1. The van der Waals surface area contributed by atoms with Crippen molar-refractivity contribution in [3.63, 3.8) is 0 Å². The van der Waals surface area contributed by atoms with Crippen LogP contribution in [0.5, 0.6) is 0 Å². The molecule has 0 aliphatic carbocycles. The number of carbonyl (C=O) groups is 3. The lowest BCUT2D eigenvalue weighted by atomic mass is 10.0. The van der Waals surface area contributed by atoms with Gasteiger partial charge in [0.1, 0.15) is 6.04 Å². The summed E-state index contributed by atoms with van der Waals surface area (Å²) >= 11 is 0. The Morgan fingerprint density at radius 2 is 1.66 bits per heavy atom. The van der Waals surface area contributed by atoms with Gasteiger partial charge in [0, 0.05) is 19.3 Å². The lowest BCUT2D eigenvalue weighted by Gasteiger charge is -2.17. The smallest absolute Gasteiger partial charge is 0.240 e. The second kappa shape index (κ2) is 10.6. The van der Waals surface area contributed by atoms with Crippen LogP contribution < -0.4 is 16.4 Å². The van der Waals surface area contributed by atoms with Gasteiger partial charge in [-0.25, -0.2) is 0 Å². The highest BCUT2D eigenvalue weighted by Crippen LogP contribution is 2.11. The Kier molecular flexibility index (Phi) is 7.92. The molecule has 0 spiro atoms. The predicted octanol–water partition coefficient (Wildman–Crippen LogP) is 1.73. The summed E-state index contributed by atoms with van der Waals surface area (Å²) in [4.78, 5) is 36.0. The van der Waals surface area contributed by atoms with Gasteiger partial charge in [-0.05, 0) is 30.2 Å². The van der Waals surface area contributed by atoms with Gasteiger partial charge in [-0.2, -0.15) is 5.26 Å². The van der Waals surface area contributed by atoms with Crippen LogP contribution in [0.1, 0.15) is 42.5 Å². The number of nitriles is 1. The molecule has 150 valence electrons. The minimum absolute atomic E-state index is 0.00158. The van der Waals surface area contributed by atoms with E-state index in [1.54, 1.807) is 24.3 Å². The van der Waals surface area contributed by atoms with Crippen molar-refractivity contribution in [2.24, 2.45) is 5.73 Å². The van der Waals surface area contributed by atoms with E-state index in [4.69, 9.17) is 11.0 Å².